The Kier molecular flexibility index (Phi) is 6.87. The van der Waals surface area contributed by atoms with Crippen LogP contribution >= 0.6 is 0 Å². The minimum atomic E-state index is -0.416. The van der Waals surface area contributed by atoms with Crippen molar-refractivity contribution in [3.63, 3.8) is 0 Å². The van der Waals surface area contributed by atoms with Crippen LogP contribution in [0.15, 0.2) is 24.3 Å². The minimum absolute atomic E-state index is 0.296. The van der Waals surface area contributed by atoms with Crippen LogP contribution in [0.25, 0.3) is 10.9 Å². The number of benzene rings is 2. The van der Waals surface area contributed by atoms with E-state index in [2.05, 4.69) is 0 Å². The summed E-state index contributed by atoms with van der Waals surface area (Å²) >= 11 is -0.296. The van der Waals surface area contributed by atoms with E-state index in [1.54, 1.807) is 35.5 Å². The molecule has 0 saturated carbocycles. The molecule has 2 aromatic carbocycles. The number of carbonyl (C=O) groups is 1. The van der Waals surface area contributed by atoms with Crippen LogP contribution in [0.5, 0.6) is 28.7 Å². The molecule has 0 atom stereocenters. The maximum atomic E-state index is 12.7. The average Bonchev–Trinajstić information content (AvgIpc) is 3.07. The summed E-state index contributed by atoms with van der Waals surface area (Å²) in [5, 5.41) is 0.884. The molecule has 166 valence electrons. The Labute approximate surface area is 187 Å². The molecule has 0 bridgehead atoms. The molecule has 1 aromatic heterocycles. The van der Waals surface area contributed by atoms with Gasteiger partial charge in [-0.2, -0.15) is 0 Å². The molecule has 0 aliphatic heterocycles. The predicted octanol–water partition coefficient (Wildman–Crippen LogP) is 1.66. The van der Waals surface area contributed by atoms with Gasteiger partial charge in [0.05, 0.1) is 0 Å². The molecule has 31 heavy (non-hydrogen) atoms. The van der Waals surface area contributed by atoms with Crippen LogP contribution in [0.1, 0.15) is 10.5 Å². The maximum absolute atomic E-state index is 12.7. The van der Waals surface area contributed by atoms with Crippen LogP contribution in [-0.4, -0.2) is 68.2 Å². The number of fused-ring (bicyclic) bond motifs is 1. The fourth-order valence-electron chi connectivity index (χ4n) is 3.39. The number of hydrogen-bond donors (Lipinski definition) is 0. The Bertz CT molecular complexity index is 1100. The Morgan fingerprint density at radius 3 is 1.81 bits per heavy atom. The van der Waals surface area contributed by atoms with Crippen molar-refractivity contribution < 1.29 is 33.2 Å². The zero-order chi connectivity index (χ0) is 22.7. The van der Waals surface area contributed by atoms with E-state index in [1.807, 2.05) is 35.9 Å². The zero-order valence-electron chi connectivity index (χ0n) is 18.5. The molecule has 0 radical (unpaired) electrons. The third kappa shape index (κ3) is 3.98. The summed E-state index contributed by atoms with van der Waals surface area (Å²) in [4.78, 5) is 12.7. The van der Waals surface area contributed by atoms with Crippen LogP contribution in [0.2, 0.25) is 0 Å². The topological polar surface area (TPSA) is 77.4 Å². The van der Waals surface area contributed by atoms with Crippen LogP contribution < -0.4 is 32.6 Å². The van der Waals surface area contributed by atoms with Gasteiger partial charge in [0, 0.05) is 0 Å². The average molecular weight is 494 g/mol. The van der Waals surface area contributed by atoms with E-state index >= 15 is 0 Å². The quantitative estimate of drug-likeness (QED) is 0.348. The first-order valence-electron chi connectivity index (χ1n) is 9.24. The number of ether oxygens (including phenoxy) is 6. The van der Waals surface area contributed by atoms with Gasteiger partial charge in [-0.05, 0) is 0 Å². The number of hydrogen-bond acceptors (Lipinski definition) is 7. The number of aryl methyl sites for hydroxylation is 1. The van der Waals surface area contributed by atoms with E-state index in [9.17, 15) is 4.79 Å². The van der Waals surface area contributed by atoms with E-state index < -0.39 is 5.97 Å². The van der Waals surface area contributed by atoms with Gasteiger partial charge in [0.25, 0.3) is 0 Å². The van der Waals surface area contributed by atoms with Gasteiger partial charge in [-0.25, -0.2) is 0 Å². The van der Waals surface area contributed by atoms with Crippen molar-refractivity contribution in [2.45, 2.75) is 0 Å². The molecule has 0 unspecified atom stereocenters. The molecule has 0 N–H and O–H groups in total. The molecule has 0 fully saturated rings. The Morgan fingerprint density at radius 2 is 1.32 bits per heavy atom. The monoisotopic (exact) mass is 495 g/mol. The first-order valence-corrected chi connectivity index (χ1v) is 11.0. The Hall–Kier alpha value is -3.03. The molecule has 0 amide bonds. The molecule has 9 heteroatoms. The van der Waals surface area contributed by atoms with Crippen molar-refractivity contribution in [3.8, 4) is 28.7 Å². The SMILES string of the molecule is COC(=O)c1c([Se]c2cc(OC)c(OC)c(OC)c2)c2cc(OC)c(OC)cc2n1C. The molecule has 3 rings (SSSR count). The zero-order valence-corrected chi connectivity index (χ0v) is 20.2. The normalized spacial score (nSPS) is 10.7. The summed E-state index contributed by atoms with van der Waals surface area (Å²) in [7, 11) is 11.1. The van der Waals surface area contributed by atoms with Crippen molar-refractivity contribution in [3.05, 3.63) is 30.0 Å². The van der Waals surface area contributed by atoms with Crippen molar-refractivity contribution in [1.29, 1.82) is 0 Å². The first-order chi connectivity index (χ1) is 14.9. The van der Waals surface area contributed by atoms with Crippen molar-refractivity contribution in [2.24, 2.45) is 7.05 Å². The van der Waals surface area contributed by atoms with Crippen LogP contribution in [0, 0.1) is 0 Å². The van der Waals surface area contributed by atoms with Crippen LogP contribution in [0.3, 0.4) is 0 Å². The van der Waals surface area contributed by atoms with Gasteiger partial charge in [0.2, 0.25) is 0 Å². The van der Waals surface area contributed by atoms with Crippen LogP contribution in [-0.2, 0) is 11.8 Å². The molecule has 0 saturated heterocycles. The molecule has 0 spiro atoms. The van der Waals surface area contributed by atoms with Crippen molar-refractivity contribution >= 4 is 40.8 Å². The molecular formula is C22H25NO7Se. The molecule has 0 aliphatic carbocycles. The number of nitrogens with zero attached hydrogens (tertiary/aromatic N) is 1. The second-order valence-corrected chi connectivity index (χ2v) is 8.69. The van der Waals surface area contributed by atoms with E-state index in [0.717, 1.165) is 19.8 Å². The van der Waals surface area contributed by atoms with E-state index in [0.29, 0.717) is 34.4 Å². The second kappa shape index (κ2) is 9.41. The summed E-state index contributed by atoms with van der Waals surface area (Å²) in [5.74, 6) is 2.37. The molecule has 3 aromatic rings. The van der Waals surface area contributed by atoms with Gasteiger partial charge >= 0.3 is 187 Å². The third-order valence-corrected chi connectivity index (χ3v) is 7.18. The number of rotatable bonds is 8. The second-order valence-electron chi connectivity index (χ2n) is 6.42. The summed E-state index contributed by atoms with van der Waals surface area (Å²) in [6.45, 7) is 0. The molecule has 0 aliphatic rings. The number of carbonyl (C=O) groups excluding carboxylic acids is 1. The summed E-state index contributed by atoms with van der Waals surface area (Å²) < 4.78 is 36.0. The number of aromatic nitrogens is 1. The van der Waals surface area contributed by atoms with Gasteiger partial charge in [-0.3, -0.25) is 0 Å². The fraction of sp³-hybridized carbons (Fsp3) is 0.318. The Morgan fingerprint density at radius 1 is 0.774 bits per heavy atom. The van der Waals surface area contributed by atoms with E-state index in [1.165, 1.54) is 7.11 Å². The third-order valence-electron chi connectivity index (χ3n) is 4.90. The van der Waals surface area contributed by atoms with Gasteiger partial charge in [0.15, 0.2) is 0 Å². The van der Waals surface area contributed by atoms with E-state index in [4.69, 9.17) is 28.4 Å². The van der Waals surface area contributed by atoms with E-state index in [-0.39, 0.29) is 15.0 Å². The summed E-state index contributed by atoms with van der Waals surface area (Å²) in [6, 6.07) is 7.52. The number of esters is 1. The van der Waals surface area contributed by atoms with Gasteiger partial charge in [0.1, 0.15) is 0 Å². The molecular weight excluding hydrogens is 469 g/mol. The van der Waals surface area contributed by atoms with Crippen molar-refractivity contribution in [2.75, 3.05) is 42.7 Å². The standard InChI is InChI=1S/C22H25NO7Se/c1-23-14-11-16(26-3)15(25-2)10-13(14)21(19(23)22(24)30-7)31-12-8-17(27-4)20(29-6)18(9-12)28-5/h8-11H,1-7H3. The summed E-state index contributed by atoms with van der Waals surface area (Å²) in [6.07, 6.45) is 0. The predicted molar refractivity (Wildman–Crippen MR) is 118 cm³/mol. The van der Waals surface area contributed by atoms with Gasteiger partial charge < -0.3 is 0 Å². The summed E-state index contributed by atoms with van der Waals surface area (Å²) in [5.41, 5.74) is 1.31. The van der Waals surface area contributed by atoms with Gasteiger partial charge in [-0.15, -0.1) is 0 Å². The Balaban J connectivity index is 2.27. The molecule has 8 nitrogen and oxygen atoms in total. The number of methoxy groups -OCH3 is 6. The molecule has 1 heterocycles. The first kappa shape index (κ1) is 22.7. The van der Waals surface area contributed by atoms with Crippen LogP contribution in [0.4, 0.5) is 0 Å². The van der Waals surface area contributed by atoms with Gasteiger partial charge in [-0.1, -0.05) is 0 Å². The fourth-order valence-corrected chi connectivity index (χ4v) is 5.82. The van der Waals surface area contributed by atoms with Crippen molar-refractivity contribution in [1.82, 2.24) is 4.57 Å².